The van der Waals surface area contributed by atoms with Crippen LogP contribution in [0.25, 0.3) is 0 Å². The van der Waals surface area contributed by atoms with Gasteiger partial charge in [0, 0.05) is 32.1 Å². The molecule has 0 aromatic rings. The zero-order chi connectivity index (χ0) is 14.8. The van der Waals surface area contributed by atoms with Crippen molar-refractivity contribution in [2.45, 2.75) is 40.2 Å². The van der Waals surface area contributed by atoms with Gasteiger partial charge in [0.2, 0.25) is 5.91 Å². The van der Waals surface area contributed by atoms with Crippen molar-refractivity contribution in [1.29, 1.82) is 0 Å². The number of likely N-dealkylation sites (N-methyl/N-ethyl adjacent to an activating group) is 1. The number of piperazine rings is 1. The van der Waals surface area contributed by atoms with E-state index in [2.05, 4.69) is 11.8 Å². The first-order valence-corrected chi connectivity index (χ1v) is 6.90. The van der Waals surface area contributed by atoms with Crippen LogP contribution in [0.1, 0.15) is 34.1 Å². The monoisotopic (exact) mass is 270 g/mol. The Bertz CT molecular complexity index is 357. The molecular formula is C14H26N2O3. The SMILES string of the molecule is CC1CN(C(=O)CC(C)(C(=O)O)C(C)C)CCN1C. The topological polar surface area (TPSA) is 60.9 Å². The van der Waals surface area contributed by atoms with Crippen molar-refractivity contribution in [3.63, 3.8) is 0 Å². The second-order valence-corrected chi connectivity index (χ2v) is 6.22. The van der Waals surface area contributed by atoms with Crippen molar-refractivity contribution in [2.24, 2.45) is 11.3 Å². The maximum atomic E-state index is 12.3. The van der Waals surface area contributed by atoms with Gasteiger partial charge in [-0.05, 0) is 26.8 Å². The molecular weight excluding hydrogens is 244 g/mol. The number of carboxylic acids is 1. The second-order valence-electron chi connectivity index (χ2n) is 6.22. The molecule has 1 heterocycles. The third kappa shape index (κ3) is 3.47. The molecule has 5 nitrogen and oxygen atoms in total. The van der Waals surface area contributed by atoms with Gasteiger partial charge in [0.05, 0.1) is 5.41 Å². The molecule has 0 aromatic carbocycles. The smallest absolute Gasteiger partial charge is 0.310 e. The van der Waals surface area contributed by atoms with Gasteiger partial charge in [-0.2, -0.15) is 0 Å². The Morgan fingerprint density at radius 1 is 1.37 bits per heavy atom. The van der Waals surface area contributed by atoms with E-state index in [4.69, 9.17) is 0 Å². The Morgan fingerprint density at radius 3 is 2.37 bits per heavy atom. The van der Waals surface area contributed by atoms with E-state index in [1.807, 2.05) is 20.9 Å². The summed E-state index contributed by atoms with van der Waals surface area (Å²) in [6, 6.07) is 0.327. The summed E-state index contributed by atoms with van der Waals surface area (Å²) in [5, 5.41) is 9.37. The molecule has 0 aliphatic carbocycles. The Hall–Kier alpha value is -1.10. The van der Waals surface area contributed by atoms with Crippen molar-refractivity contribution in [3.05, 3.63) is 0 Å². The molecule has 1 saturated heterocycles. The Balaban J connectivity index is 2.71. The minimum absolute atomic E-state index is 0.0430. The van der Waals surface area contributed by atoms with E-state index in [0.717, 1.165) is 6.54 Å². The summed E-state index contributed by atoms with van der Waals surface area (Å²) in [6.45, 7) is 9.67. The van der Waals surface area contributed by atoms with E-state index in [9.17, 15) is 14.7 Å². The van der Waals surface area contributed by atoms with E-state index in [1.54, 1.807) is 11.8 Å². The van der Waals surface area contributed by atoms with E-state index < -0.39 is 11.4 Å². The van der Waals surface area contributed by atoms with Crippen molar-refractivity contribution >= 4 is 11.9 Å². The molecule has 110 valence electrons. The Morgan fingerprint density at radius 2 is 1.95 bits per heavy atom. The number of hydrogen-bond acceptors (Lipinski definition) is 3. The fraction of sp³-hybridized carbons (Fsp3) is 0.857. The first kappa shape index (κ1) is 16.0. The molecule has 0 saturated carbocycles. The summed E-state index contributed by atoms with van der Waals surface area (Å²) < 4.78 is 0. The number of hydrogen-bond donors (Lipinski definition) is 1. The number of amides is 1. The quantitative estimate of drug-likeness (QED) is 0.836. The molecule has 2 atom stereocenters. The molecule has 1 aliphatic rings. The highest BCUT2D eigenvalue weighted by Gasteiger charge is 2.40. The highest BCUT2D eigenvalue weighted by Crippen LogP contribution is 2.32. The van der Waals surface area contributed by atoms with Gasteiger partial charge >= 0.3 is 5.97 Å². The maximum Gasteiger partial charge on any atom is 0.310 e. The second kappa shape index (κ2) is 5.90. The summed E-state index contributed by atoms with van der Waals surface area (Å²) in [4.78, 5) is 27.7. The molecule has 1 amide bonds. The van der Waals surface area contributed by atoms with Crippen molar-refractivity contribution in [2.75, 3.05) is 26.7 Å². The van der Waals surface area contributed by atoms with Crippen molar-refractivity contribution < 1.29 is 14.7 Å². The highest BCUT2D eigenvalue weighted by atomic mass is 16.4. The Kier molecular flexibility index (Phi) is 4.96. The van der Waals surface area contributed by atoms with Gasteiger partial charge in [-0.3, -0.25) is 9.59 Å². The van der Waals surface area contributed by atoms with Crippen LogP contribution in [0.4, 0.5) is 0 Å². The molecule has 1 fully saturated rings. The number of carbonyl (C=O) groups is 2. The third-order valence-corrected chi connectivity index (χ3v) is 4.59. The lowest BCUT2D eigenvalue weighted by Gasteiger charge is -2.39. The summed E-state index contributed by atoms with van der Waals surface area (Å²) in [5.74, 6) is -1.00. The minimum Gasteiger partial charge on any atom is -0.481 e. The largest absolute Gasteiger partial charge is 0.481 e. The zero-order valence-corrected chi connectivity index (χ0v) is 12.6. The molecule has 0 aromatic heterocycles. The van der Waals surface area contributed by atoms with Crippen molar-refractivity contribution in [3.8, 4) is 0 Å². The molecule has 0 spiro atoms. The fourth-order valence-electron chi connectivity index (χ4n) is 2.23. The van der Waals surface area contributed by atoms with Crippen LogP contribution in [0.2, 0.25) is 0 Å². The van der Waals surface area contributed by atoms with Crippen LogP contribution in [-0.2, 0) is 9.59 Å². The average Bonchev–Trinajstić information content (AvgIpc) is 2.31. The molecule has 5 heteroatoms. The Labute approximate surface area is 115 Å². The van der Waals surface area contributed by atoms with Crippen LogP contribution in [0.15, 0.2) is 0 Å². The summed E-state index contributed by atoms with van der Waals surface area (Å²) in [7, 11) is 2.04. The lowest BCUT2D eigenvalue weighted by atomic mass is 9.76. The summed E-state index contributed by atoms with van der Waals surface area (Å²) >= 11 is 0. The number of nitrogens with zero attached hydrogens (tertiary/aromatic N) is 2. The molecule has 0 radical (unpaired) electrons. The molecule has 2 unspecified atom stereocenters. The number of aliphatic carboxylic acids is 1. The van der Waals surface area contributed by atoms with E-state index in [0.29, 0.717) is 19.1 Å². The van der Waals surface area contributed by atoms with Crippen LogP contribution in [0, 0.1) is 11.3 Å². The van der Waals surface area contributed by atoms with Gasteiger partial charge in [0.15, 0.2) is 0 Å². The van der Waals surface area contributed by atoms with Gasteiger partial charge < -0.3 is 14.9 Å². The highest BCUT2D eigenvalue weighted by molar-refractivity contribution is 5.85. The maximum absolute atomic E-state index is 12.3. The number of carbonyl (C=O) groups excluding carboxylic acids is 1. The van der Waals surface area contributed by atoms with E-state index >= 15 is 0 Å². The first-order chi connectivity index (χ1) is 8.68. The van der Waals surface area contributed by atoms with Crippen molar-refractivity contribution in [1.82, 2.24) is 9.80 Å². The van der Waals surface area contributed by atoms with Crippen LogP contribution in [0.3, 0.4) is 0 Å². The molecule has 1 N–H and O–H groups in total. The van der Waals surface area contributed by atoms with Crippen LogP contribution in [-0.4, -0.2) is 59.5 Å². The van der Waals surface area contributed by atoms with Crippen LogP contribution < -0.4 is 0 Å². The zero-order valence-electron chi connectivity index (χ0n) is 12.6. The molecule has 1 aliphatic heterocycles. The minimum atomic E-state index is -0.982. The van der Waals surface area contributed by atoms with E-state index in [-0.39, 0.29) is 18.2 Å². The van der Waals surface area contributed by atoms with Gasteiger partial charge in [0.1, 0.15) is 0 Å². The molecule has 1 rings (SSSR count). The normalized spacial score (nSPS) is 24.3. The van der Waals surface area contributed by atoms with Crippen LogP contribution in [0.5, 0.6) is 0 Å². The third-order valence-electron chi connectivity index (χ3n) is 4.59. The number of rotatable bonds is 4. The van der Waals surface area contributed by atoms with Gasteiger partial charge in [-0.15, -0.1) is 0 Å². The molecule has 19 heavy (non-hydrogen) atoms. The lowest BCUT2D eigenvalue weighted by Crippen LogP contribution is -2.53. The average molecular weight is 270 g/mol. The van der Waals surface area contributed by atoms with Gasteiger partial charge in [-0.25, -0.2) is 0 Å². The predicted molar refractivity (Wildman–Crippen MR) is 73.9 cm³/mol. The lowest BCUT2D eigenvalue weighted by molar-refractivity contribution is -0.156. The number of carboxylic acid groups (broad SMARTS) is 1. The van der Waals surface area contributed by atoms with Crippen LogP contribution >= 0.6 is 0 Å². The van der Waals surface area contributed by atoms with E-state index in [1.165, 1.54) is 0 Å². The van der Waals surface area contributed by atoms with Gasteiger partial charge in [0.25, 0.3) is 0 Å². The fourth-order valence-corrected chi connectivity index (χ4v) is 2.23. The summed E-state index contributed by atoms with van der Waals surface area (Å²) in [5.41, 5.74) is -0.982. The predicted octanol–water partition coefficient (Wildman–Crippen LogP) is 1.29. The molecule has 0 bridgehead atoms. The summed E-state index contributed by atoms with van der Waals surface area (Å²) in [6.07, 6.45) is 0.0798. The first-order valence-electron chi connectivity index (χ1n) is 6.90. The van der Waals surface area contributed by atoms with Gasteiger partial charge in [-0.1, -0.05) is 13.8 Å². The standard InChI is InChI=1S/C14H26N2O3/c1-10(2)14(4,13(18)19)8-12(17)16-7-6-15(5)11(3)9-16/h10-11H,6-9H2,1-5H3,(H,18,19).